The Hall–Kier alpha value is -1.10. The standard InChI is InChI=1S/C26H45N3O2/c1-6-7-8-29(21-15-24(2,3)28-25(4,5)16-21)22(30)17-27-23(31)26-12-18-9-19(13-26)11-20(10-18)14-26/h18-21,28H,6-17H2,1-5H3,(H,27,31). The summed E-state index contributed by atoms with van der Waals surface area (Å²) in [7, 11) is 0. The summed E-state index contributed by atoms with van der Waals surface area (Å²) in [6, 6.07) is 0.224. The van der Waals surface area contributed by atoms with E-state index in [-0.39, 0.29) is 40.9 Å². The van der Waals surface area contributed by atoms with Crippen molar-refractivity contribution < 1.29 is 9.59 Å². The van der Waals surface area contributed by atoms with Crippen LogP contribution in [0.4, 0.5) is 0 Å². The van der Waals surface area contributed by atoms with Gasteiger partial charge in [0, 0.05) is 29.1 Å². The third kappa shape index (κ3) is 4.96. The fourth-order valence-corrected chi connectivity index (χ4v) is 8.16. The lowest BCUT2D eigenvalue weighted by molar-refractivity contribution is -0.148. The lowest BCUT2D eigenvalue weighted by atomic mass is 9.49. The molecule has 176 valence electrons. The molecule has 4 saturated carbocycles. The summed E-state index contributed by atoms with van der Waals surface area (Å²) < 4.78 is 0. The quantitative estimate of drug-likeness (QED) is 0.633. The third-order valence-corrected chi connectivity index (χ3v) is 8.60. The van der Waals surface area contributed by atoms with Crippen molar-refractivity contribution in [2.24, 2.45) is 23.2 Å². The summed E-state index contributed by atoms with van der Waals surface area (Å²) in [5.41, 5.74) is -0.179. The third-order valence-electron chi connectivity index (χ3n) is 8.60. The monoisotopic (exact) mass is 431 g/mol. The second kappa shape index (κ2) is 8.35. The van der Waals surface area contributed by atoms with Gasteiger partial charge >= 0.3 is 0 Å². The smallest absolute Gasteiger partial charge is 0.242 e. The first kappa shape index (κ1) is 23.1. The SMILES string of the molecule is CCCCN(C(=O)CNC(=O)C12CC3CC(CC(C3)C1)C2)C1CC(C)(C)NC(C)(C)C1. The number of nitrogens with zero attached hydrogens (tertiary/aromatic N) is 1. The first-order chi connectivity index (χ1) is 14.5. The molecule has 0 spiro atoms. The molecule has 0 atom stereocenters. The van der Waals surface area contributed by atoms with Crippen molar-refractivity contribution in [1.82, 2.24) is 15.5 Å². The van der Waals surface area contributed by atoms with E-state index in [1.165, 1.54) is 19.3 Å². The summed E-state index contributed by atoms with van der Waals surface area (Å²) in [6.07, 6.45) is 11.1. The predicted octanol–water partition coefficient (Wildman–Crippen LogP) is 4.26. The molecule has 2 amide bonds. The van der Waals surface area contributed by atoms with Gasteiger partial charge in [0.15, 0.2) is 0 Å². The van der Waals surface area contributed by atoms with Crippen LogP contribution in [0.1, 0.15) is 98.8 Å². The minimum Gasteiger partial charge on any atom is -0.347 e. The van der Waals surface area contributed by atoms with Gasteiger partial charge in [-0.05, 0) is 103 Å². The Morgan fingerprint density at radius 2 is 1.42 bits per heavy atom. The molecule has 2 N–H and O–H groups in total. The van der Waals surface area contributed by atoms with Crippen LogP contribution in [-0.4, -0.2) is 46.9 Å². The van der Waals surface area contributed by atoms with E-state index in [9.17, 15) is 9.59 Å². The van der Waals surface area contributed by atoms with Crippen LogP contribution >= 0.6 is 0 Å². The molecule has 5 nitrogen and oxygen atoms in total. The molecule has 1 heterocycles. The minimum atomic E-state index is -0.179. The maximum atomic E-state index is 13.4. The highest BCUT2D eigenvalue weighted by atomic mass is 16.2. The van der Waals surface area contributed by atoms with Gasteiger partial charge < -0.3 is 15.5 Å². The summed E-state index contributed by atoms with van der Waals surface area (Å²) in [6.45, 7) is 12.1. The van der Waals surface area contributed by atoms with Crippen LogP contribution < -0.4 is 10.6 Å². The number of piperidine rings is 1. The van der Waals surface area contributed by atoms with E-state index in [0.29, 0.717) is 0 Å². The number of amides is 2. The molecule has 5 rings (SSSR count). The molecule has 4 aliphatic carbocycles. The number of hydrogen-bond acceptors (Lipinski definition) is 3. The van der Waals surface area contributed by atoms with E-state index >= 15 is 0 Å². The molecule has 4 bridgehead atoms. The van der Waals surface area contributed by atoms with Crippen LogP contribution in [0.5, 0.6) is 0 Å². The van der Waals surface area contributed by atoms with Gasteiger partial charge in [0.25, 0.3) is 0 Å². The molecule has 0 aromatic carbocycles. The summed E-state index contributed by atoms with van der Waals surface area (Å²) in [5, 5.41) is 6.86. The molecule has 5 heteroatoms. The summed E-state index contributed by atoms with van der Waals surface area (Å²) in [5.74, 6) is 2.50. The number of hydrogen-bond donors (Lipinski definition) is 2. The molecule has 0 aromatic heterocycles. The van der Waals surface area contributed by atoms with Gasteiger partial charge in [0.1, 0.15) is 0 Å². The van der Waals surface area contributed by atoms with Crippen LogP contribution in [0, 0.1) is 23.2 Å². The molecule has 0 aromatic rings. The van der Waals surface area contributed by atoms with Gasteiger partial charge in [-0.2, -0.15) is 0 Å². The summed E-state index contributed by atoms with van der Waals surface area (Å²) >= 11 is 0. The minimum absolute atomic E-state index is 0.000391. The zero-order chi connectivity index (χ0) is 22.4. The number of carbonyl (C=O) groups is 2. The van der Waals surface area contributed by atoms with E-state index in [0.717, 1.165) is 69.2 Å². The van der Waals surface area contributed by atoms with Crippen LogP contribution in [-0.2, 0) is 9.59 Å². The molecular formula is C26H45N3O2. The number of nitrogens with one attached hydrogen (secondary N) is 2. The Morgan fingerprint density at radius 1 is 0.903 bits per heavy atom. The van der Waals surface area contributed by atoms with Crippen LogP contribution in [0.3, 0.4) is 0 Å². The van der Waals surface area contributed by atoms with E-state index < -0.39 is 0 Å². The summed E-state index contributed by atoms with van der Waals surface area (Å²) in [4.78, 5) is 28.8. The maximum Gasteiger partial charge on any atom is 0.242 e. The molecule has 5 aliphatic rings. The Kier molecular flexibility index (Phi) is 6.22. The van der Waals surface area contributed by atoms with Crippen molar-refractivity contribution in [3.63, 3.8) is 0 Å². The van der Waals surface area contributed by atoms with Crippen molar-refractivity contribution >= 4 is 11.8 Å². The topological polar surface area (TPSA) is 61.4 Å². The van der Waals surface area contributed by atoms with Crippen LogP contribution in [0.25, 0.3) is 0 Å². The Bertz CT molecular complexity index is 647. The zero-order valence-electron chi connectivity index (χ0n) is 20.6. The molecule has 1 saturated heterocycles. The van der Waals surface area contributed by atoms with Gasteiger partial charge in [-0.15, -0.1) is 0 Å². The maximum absolute atomic E-state index is 13.4. The van der Waals surface area contributed by atoms with Gasteiger partial charge in [0.05, 0.1) is 6.54 Å². The lowest BCUT2D eigenvalue weighted by Gasteiger charge is -2.55. The van der Waals surface area contributed by atoms with Crippen molar-refractivity contribution in [2.45, 2.75) is 116 Å². The number of rotatable bonds is 7. The molecule has 31 heavy (non-hydrogen) atoms. The van der Waals surface area contributed by atoms with Crippen molar-refractivity contribution in [1.29, 1.82) is 0 Å². The van der Waals surface area contributed by atoms with Crippen molar-refractivity contribution in [3.05, 3.63) is 0 Å². The fourth-order valence-electron chi connectivity index (χ4n) is 8.16. The van der Waals surface area contributed by atoms with Crippen molar-refractivity contribution in [3.8, 4) is 0 Å². The van der Waals surface area contributed by atoms with E-state index in [2.05, 4.69) is 50.2 Å². The highest BCUT2D eigenvalue weighted by molar-refractivity contribution is 5.88. The second-order valence-electron chi connectivity index (χ2n) is 12.8. The fraction of sp³-hybridized carbons (Fsp3) is 0.923. The molecule has 1 aliphatic heterocycles. The molecular weight excluding hydrogens is 386 g/mol. The van der Waals surface area contributed by atoms with Crippen molar-refractivity contribution in [2.75, 3.05) is 13.1 Å². The van der Waals surface area contributed by atoms with Gasteiger partial charge in [-0.1, -0.05) is 13.3 Å². The van der Waals surface area contributed by atoms with Gasteiger partial charge in [-0.3, -0.25) is 9.59 Å². The Balaban J connectivity index is 1.40. The van der Waals surface area contributed by atoms with Gasteiger partial charge in [0.2, 0.25) is 11.8 Å². The largest absolute Gasteiger partial charge is 0.347 e. The van der Waals surface area contributed by atoms with Crippen LogP contribution in [0.15, 0.2) is 0 Å². The van der Waals surface area contributed by atoms with Gasteiger partial charge in [-0.25, -0.2) is 0 Å². The first-order valence-corrected chi connectivity index (χ1v) is 12.9. The number of unbranched alkanes of at least 4 members (excludes halogenated alkanes) is 1. The molecule has 5 fully saturated rings. The first-order valence-electron chi connectivity index (χ1n) is 12.9. The average Bonchev–Trinajstić information content (AvgIpc) is 2.62. The van der Waals surface area contributed by atoms with E-state index in [4.69, 9.17) is 0 Å². The number of carbonyl (C=O) groups excluding carboxylic acids is 2. The van der Waals surface area contributed by atoms with E-state index in [1.54, 1.807) is 0 Å². The normalized spacial score (nSPS) is 35.7. The highest BCUT2D eigenvalue weighted by Crippen LogP contribution is 2.60. The predicted molar refractivity (Wildman–Crippen MR) is 125 cm³/mol. The Morgan fingerprint density at radius 3 is 1.90 bits per heavy atom. The molecule has 0 unspecified atom stereocenters. The average molecular weight is 432 g/mol. The highest BCUT2D eigenvalue weighted by Gasteiger charge is 2.54. The molecule has 0 radical (unpaired) electrons. The second-order valence-corrected chi connectivity index (χ2v) is 12.8. The van der Waals surface area contributed by atoms with Crippen LogP contribution in [0.2, 0.25) is 0 Å². The van der Waals surface area contributed by atoms with E-state index in [1.807, 2.05) is 0 Å². The lowest BCUT2D eigenvalue weighted by Crippen LogP contribution is -2.63. The Labute approximate surface area is 189 Å². The zero-order valence-corrected chi connectivity index (χ0v) is 20.6.